The second-order valence-corrected chi connectivity index (χ2v) is 4.90. The van der Waals surface area contributed by atoms with Crippen molar-refractivity contribution in [1.29, 1.82) is 0 Å². The maximum Gasteiger partial charge on any atom is 0.246 e. The number of nitrogens with zero attached hydrogens (tertiary/aromatic N) is 4. The van der Waals surface area contributed by atoms with Gasteiger partial charge in [-0.05, 0) is 6.07 Å². The first kappa shape index (κ1) is 15.6. The van der Waals surface area contributed by atoms with Gasteiger partial charge < -0.3 is 15.2 Å². The molecule has 2 heterocycles. The maximum atomic E-state index is 11.8. The molecule has 2 N–H and O–H groups in total. The average molecular weight is 324 g/mol. The summed E-state index contributed by atoms with van der Waals surface area (Å²) in [6.45, 7) is 0.634. The number of hydrogen-bond donors (Lipinski definition) is 2. The zero-order valence-corrected chi connectivity index (χ0v) is 12.8. The Balaban J connectivity index is 1.42. The molecule has 0 aliphatic heterocycles. The Morgan fingerprint density at radius 2 is 1.88 bits per heavy atom. The minimum Gasteiger partial charge on any atom is -0.354 e. The molecule has 0 spiro atoms. The number of amides is 1. The summed E-state index contributed by atoms with van der Waals surface area (Å²) >= 11 is 0. The highest BCUT2D eigenvalue weighted by atomic mass is 16.5. The van der Waals surface area contributed by atoms with Crippen LogP contribution >= 0.6 is 0 Å². The molecule has 0 aliphatic carbocycles. The fraction of sp³-hybridized carbons (Fsp3) is 0.188. The number of hydrogen-bond acceptors (Lipinski definition) is 7. The monoisotopic (exact) mass is 324 g/mol. The van der Waals surface area contributed by atoms with E-state index < -0.39 is 0 Å². The van der Waals surface area contributed by atoms with Crippen LogP contribution in [0.1, 0.15) is 12.3 Å². The van der Waals surface area contributed by atoms with E-state index in [2.05, 4.69) is 30.7 Å². The van der Waals surface area contributed by atoms with Gasteiger partial charge in [0.05, 0.1) is 6.54 Å². The molecule has 0 fully saturated rings. The number of carbonyl (C=O) groups is 1. The fourth-order valence-corrected chi connectivity index (χ4v) is 1.97. The number of carbonyl (C=O) groups excluding carboxylic acids is 1. The molecule has 0 radical (unpaired) electrons. The Morgan fingerprint density at radius 1 is 1.08 bits per heavy atom. The molecule has 3 aromatic rings. The summed E-state index contributed by atoms with van der Waals surface area (Å²) in [6.07, 6.45) is 3.56. The van der Waals surface area contributed by atoms with Gasteiger partial charge in [-0.25, -0.2) is 9.97 Å². The highest BCUT2D eigenvalue weighted by Crippen LogP contribution is 2.14. The number of anilines is 1. The van der Waals surface area contributed by atoms with Crippen molar-refractivity contribution in [3.8, 4) is 11.4 Å². The van der Waals surface area contributed by atoms with Crippen LogP contribution in [0.2, 0.25) is 0 Å². The number of benzene rings is 1. The van der Waals surface area contributed by atoms with Crippen molar-refractivity contribution >= 4 is 11.9 Å². The van der Waals surface area contributed by atoms with Crippen molar-refractivity contribution in [2.24, 2.45) is 0 Å². The molecule has 0 bridgehead atoms. The van der Waals surface area contributed by atoms with Gasteiger partial charge >= 0.3 is 0 Å². The smallest absolute Gasteiger partial charge is 0.246 e. The molecule has 8 heteroatoms. The van der Waals surface area contributed by atoms with Crippen LogP contribution in [-0.4, -0.2) is 32.6 Å². The van der Waals surface area contributed by atoms with Gasteiger partial charge in [0.1, 0.15) is 0 Å². The quantitative estimate of drug-likeness (QED) is 0.680. The minimum absolute atomic E-state index is 0.127. The second kappa shape index (κ2) is 7.82. The zero-order valence-electron chi connectivity index (χ0n) is 12.8. The molecule has 3 rings (SSSR count). The average Bonchev–Trinajstić information content (AvgIpc) is 3.11. The van der Waals surface area contributed by atoms with Gasteiger partial charge in [-0.15, -0.1) is 0 Å². The van der Waals surface area contributed by atoms with Crippen LogP contribution in [-0.2, 0) is 11.3 Å². The molecular weight excluding hydrogens is 308 g/mol. The summed E-state index contributed by atoms with van der Waals surface area (Å²) in [5.41, 5.74) is 0.867. The topological polar surface area (TPSA) is 106 Å². The van der Waals surface area contributed by atoms with Crippen LogP contribution in [0.5, 0.6) is 0 Å². The minimum atomic E-state index is -0.127. The van der Waals surface area contributed by atoms with Crippen LogP contribution in [0, 0.1) is 0 Å². The fourth-order valence-electron chi connectivity index (χ4n) is 1.97. The van der Waals surface area contributed by atoms with Crippen molar-refractivity contribution in [2.75, 3.05) is 11.9 Å². The van der Waals surface area contributed by atoms with E-state index in [1.165, 1.54) is 0 Å². The number of aromatic nitrogens is 4. The first-order valence-corrected chi connectivity index (χ1v) is 7.47. The summed E-state index contributed by atoms with van der Waals surface area (Å²) < 4.78 is 5.13. The van der Waals surface area contributed by atoms with E-state index in [1.54, 1.807) is 18.5 Å². The predicted molar refractivity (Wildman–Crippen MR) is 86.7 cm³/mol. The highest BCUT2D eigenvalue weighted by molar-refractivity contribution is 5.76. The lowest BCUT2D eigenvalue weighted by molar-refractivity contribution is -0.121. The molecule has 1 aromatic carbocycles. The Labute approximate surface area is 138 Å². The maximum absolute atomic E-state index is 11.8. The summed E-state index contributed by atoms with van der Waals surface area (Å²) in [6, 6.07) is 11.2. The highest BCUT2D eigenvalue weighted by Gasteiger charge is 2.09. The van der Waals surface area contributed by atoms with Crippen molar-refractivity contribution in [3.63, 3.8) is 0 Å². The molecule has 2 aromatic heterocycles. The van der Waals surface area contributed by atoms with Gasteiger partial charge in [0.2, 0.25) is 23.6 Å². The first-order chi connectivity index (χ1) is 11.8. The summed E-state index contributed by atoms with van der Waals surface area (Å²) in [5, 5.41) is 9.60. The number of nitrogens with one attached hydrogen (secondary N) is 2. The normalized spacial score (nSPS) is 10.3. The molecule has 24 heavy (non-hydrogen) atoms. The lowest BCUT2D eigenvalue weighted by atomic mass is 10.2. The molecule has 1 amide bonds. The summed E-state index contributed by atoms with van der Waals surface area (Å²) in [7, 11) is 0. The Morgan fingerprint density at radius 3 is 2.67 bits per heavy atom. The molecule has 0 unspecified atom stereocenters. The van der Waals surface area contributed by atoms with E-state index in [-0.39, 0.29) is 18.9 Å². The van der Waals surface area contributed by atoms with Crippen LogP contribution in [0.4, 0.5) is 5.95 Å². The molecule has 0 aliphatic rings. The second-order valence-electron chi connectivity index (χ2n) is 4.90. The largest absolute Gasteiger partial charge is 0.354 e. The van der Waals surface area contributed by atoms with E-state index >= 15 is 0 Å². The lowest BCUT2D eigenvalue weighted by Crippen LogP contribution is -2.25. The standard InChI is InChI=1S/C16H16N6O2/c23-13(7-10-19-16-17-8-4-9-18-16)20-11-14-21-15(22-24-14)12-5-2-1-3-6-12/h1-6,8-9H,7,10-11H2,(H,20,23)(H,17,18,19). The van der Waals surface area contributed by atoms with Crippen molar-refractivity contribution in [2.45, 2.75) is 13.0 Å². The third kappa shape index (κ3) is 4.35. The van der Waals surface area contributed by atoms with E-state index in [1.807, 2.05) is 30.3 Å². The van der Waals surface area contributed by atoms with Crippen LogP contribution in [0.25, 0.3) is 11.4 Å². The number of rotatable bonds is 7. The first-order valence-electron chi connectivity index (χ1n) is 7.47. The van der Waals surface area contributed by atoms with Crippen molar-refractivity contribution < 1.29 is 9.32 Å². The van der Waals surface area contributed by atoms with Gasteiger partial charge in [-0.1, -0.05) is 35.5 Å². The lowest BCUT2D eigenvalue weighted by Gasteiger charge is -2.04. The predicted octanol–water partition coefficient (Wildman–Crippen LogP) is 1.64. The SMILES string of the molecule is O=C(CCNc1ncccn1)NCc1nc(-c2ccccc2)no1. The van der Waals surface area contributed by atoms with Crippen LogP contribution < -0.4 is 10.6 Å². The Hall–Kier alpha value is -3.29. The molecule has 122 valence electrons. The van der Waals surface area contributed by atoms with Gasteiger partial charge in [0.25, 0.3) is 0 Å². The molecule has 0 atom stereocenters. The van der Waals surface area contributed by atoms with Crippen molar-refractivity contribution in [3.05, 3.63) is 54.7 Å². The third-order valence-electron chi connectivity index (χ3n) is 3.14. The zero-order chi connectivity index (χ0) is 16.6. The third-order valence-corrected chi connectivity index (χ3v) is 3.14. The van der Waals surface area contributed by atoms with E-state index in [9.17, 15) is 4.79 Å². The van der Waals surface area contributed by atoms with E-state index in [0.29, 0.717) is 24.2 Å². The molecular formula is C16H16N6O2. The van der Waals surface area contributed by atoms with E-state index in [4.69, 9.17) is 4.52 Å². The van der Waals surface area contributed by atoms with Gasteiger partial charge in [-0.3, -0.25) is 4.79 Å². The van der Waals surface area contributed by atoms with E-state index in [0.717, 1.165) is 5.56 Å². The summed E-state index contributed by atoms with van der Waals surface area (Å²) in [5.74, 6) is 1.23. The van der Waals surface area contributed by atoms with Gasteiger partial charge in [0.15, 0.2) is 0 Å². The molecule has 0 saturated carbocycles. The van der Waals surface area contributed by atoms with Gasteiger partial charge in [0, 0.05) is 30.9 Å². The Kier molecular flexibility index (Phi) is 5.08. The van der Waals surface area contributed by atoms with Gasteiger partial charge in [-0.2, -0.15) is 4.98 Å². The van der Waals surface area contributed by atoms with Crippen LogP contribution in [0.3, 0.4) is 0 Å². The molecule has 0 saturated heterocycles. The van der Waals surface area contributed by atoms with Crippen molar-refractivity contribution in [1.82, 2.24) is 25.4 Å². The molecule has 8 nitrogen and oxygen atoms in total. The van der Waals surface area contributed by atoms with Crippen LogP contribution in [0.15, 0.2) is 53.3 Å². The summed E-state index contributed by atoms with van der Waals surface area (Å²) in [4.78, 5) is 24.1. The Bertz CT molecular complexity index is 776.